The summed E-state index contributed by atoms with van der Waals surface area (Å²) in [6, 6.07) is 11.1. The van der Waals surface area contributed by atoms with Gasteiger partial charge in [-0.3, -0.25) is 0 Å². The van der Waals surface area contributed by atoms with Crippen molar-refractivity contribution in [2.24, 2.45) is 0 Å². The van der Waals surface area contributed by atoms with Crippen LogP contribution in [0.15, 0.2) is 36.7 Å². The summed E-state index contributed by atoms with van der Waals surface area (Å²) in [4.78, 5) is 8.20. The molecular formula is C14H15N5O. The zero-order chi connectivity index (χ0) is 14.2. The number of aliphatic hydroxyl groups is 1. The minimum Gasteiger partial charge on any atom is -0.396 e. The second-order valence-electron chi connectivity index (χ2n) is 4.07. The normalized spacial score (nSPS) is 9.80. The molecule has 1 aromatic carbocycles. The van der Waals surface area contributed by atoms with Gasteiger partial charge in [0.05, 0.1) is 11.3 Å². The van der Waals surface area contributed by atoms with Crippen molar-refractivity contribution >= 4 is 17.3 Å². The first-order chi connectivity index (χ1) is 9.83. The Morgan fingerprint density at radius 2 is 2.00 bits per heavy atom. The Kier molecular flexibility index (Phi) is 4.87. The number of rotatable bonds is 6. The molecule has 2 aromatic rings. The minimum absolute atomic E-state index is 0.138. The van der Waals surface area contributed by atoms with Crippen LogP contribution in [0.4, 0.5) is 17.3 Å². The summed E-state index contributed by atoms with van der Waals surface area (Å²) in [6.07, 6.45) is 2.10. The summed E-state index contributed by atoms with van der Waals surface area (Å²) in [6.45, 7) is 0.778. The molecule has 1 heterocycles. The van der Waals surface area contributed by atoms with Gasteiger partial charge in [-0.2, -0.15) is 5.26 Å². The van der Waals surface area contributed by atoms with Crippen LogP contribution < -0.4 is 10.6 Å². The lowest BCUT2D eigenvalue weighted by Gasteiger charge is -2.09. The van der Waals surface area contributed by atoms with Gasteiger partial charge in [-0.1, -0.05) is 12.1 Å². The van der Waals surface area contributed by atoms with Crippen molar-refractivity contribution in [3.05, 3.63) is 42.2 Å². The van der Waals surface area contributed by atoms with Gasteiger partial charge in [0.2, 0.25) is 0 Å². The third-order valence-corrected chi connectivity index (χ3v) is 2.62. The van der Waals surface area contributed by atoms with Crippen molar-refractivity contribution in [3.63, 3.8) is 0 Å². The van der Waals surface area contributed by atoms with Gasteiger partial charge in [0.25, 0.3) is 0 Å². The van der Waals surface area contributed by atoms with Crippen LogP contribution in [0, 0.1) is 11.3 Å². The quantitative estimate of drug-likeness (QED) is 0.693. The van der Waals surface area contributed by atoms with Gasteiger partial charge in [0.15, 0.2) is 0 Å². The van der Waals surface area contributed by atoms with Gasteiger partial charge < -0.3 is 15.7 Å². The molecule has 0 saturated carbocycles. The lowest BCUT2D eigenvalue weighted by atomic mass is 10.2. The topological polar surface area (TPSA) is 93.9 Å². The molecule has 0 spiro atoms. The SMILES string of the molecule is N#Cc1ccccc1Nc1cc(NCCCO)ncn1. The van der Waals surface area contributed by atoms with Crippen LogP contribution in [0.3, 0.4) is 0 Å². The third kappa shape index (κ3) is 3.67. The molecule has 0 radical (unpaired) electrons. The molecule has 0 bridgehead atoms. The number of nitrogens with zero attached hydrogens (tertiary/aromatic N) is 3. The molecule has 3 N–H and O–H groups in total. The molecule has 2 rings (SSSR count). The largest absolute Gasteiger partial charge is 0.396 e. The van der Waals surface area contributed by atoms with E-state index in [4.69, 9.17) is 10.4 Å². The van der Waals surface area contributed by atoms with Gasteiger partial charge in [0.1, 0.15) is 24.0 Å². The number of hydrogen-bond acceptors (Lipinski definition) is 6. The molecule has 0 aliphatic rings. The first kappa shape index (κ1) is 13.8. The van der Waals surface area contributed by atoms with E-state index in [1.165, 1.54) is 6.33 Å². The van der Waals surface area contributed by atoms with Crippen molar-refractivity contribution in [1.29, 1.82) is 5.26 Å². The Morgan fingerprint density at radius 1 is 1.20 bits per heavy atom. The molecule has 0 aliphatic heterocycles. The van der Waals surface area contributed by atoms with E-state index in [9.17, 15) is 0 Å². The van der Waals surface area contributed by atoms with E-state index in [-0.39, 0.29) is 6.61 Å². The van der Waals surface area contributed by atoms with Crippen LogP contribution >= 0.6 is 0 Å². The predicted octanol–water partition coefficient (Wildman–Crippen LogP) is 1.89. The average Bonchev–Trinajstić information content (AvgIpc) is 2.48. The fourth-order valence-corrected chi connectivity index (χ4v) is 1.65. The Hall–Kier alpha value is -2.65. The summed E-state index contributed by atoms with van der Waals surface area (Å²) in [7, 11) is 0. The molecule has 0 saturated heterocycles. The first-order valence-electron chi connectivity index (χ1n) is 6.26. The van der Waals surface area contributed by atoms with Crippen LogP contribution in [0.2, 0.25) is 0 Å². The van der Waals surface area contributed by atoms with Crippen LogP contribution in [-0.2, 0) is 0 Å². The van der Waals surface area contributed by atoms with Crippen molar-refractivity contribution < 1.29 is 5.11 Å². The molecule has 1 aromatic heterocycles. The molecule has 6 nitrogen and oxygen atoms in total. The Balaban J connectivity index is 2.10. The van der Waals surface area contributed by atoms with E-state index in [0.717, 1.165) is 0 Å². The highest BCUT2D eigenvalue weighted by atomic mass is 16.3. The Morgan fingerprint density at radius 3 is 2.80 bits per heavy atom. The van der Waals surface area contributed by atoms with E-state index < -0.39 is 0 Å². The standard InChI is InChI=1S/C14H15N5O/c15-9-11-4-1-2-5-12(11)19-14-8-13(17-10-18-14)16-6-3-7-20/h1-2,4-5,8,10,20H,3,6-7H2,(H2,16,17,18,19). The maximum atomic E-state index is 9.04. The van der Waals surface area contributed by atoms with Gasteiger partial charge in [-0.15, -0.1) is 0 Å². The average molecular weight is 269 g/mol. The van der Waals surface area contributed by atoms with E-state index in [1.807, 2.05) is 18.2 Å². The lowest BCUT2D eigenvalue weighted by molar-refractivity contribution is 0.292. The maximum absolute atomic E-state index is 9.04. The number of nitriles is 1. The number of anilines is 3. The van der Waals surface area contributed by atoms with Crippen LogP contribution in [0.25, 0.3) is 0 Å². The lowest BCUT2D eigenvalue weighted by Crippen LogP contribution is -2.06. The fraction of sp³-hybridized carbons (Fsp3) is 0.214. The summed E-state index contributed by atoms with van der Waals surface area (Å²) >= 11 is 0. The number of hydrogen-bond donors (Lipinski definition) is 3. The number of nitrogens with one attached hydrogen (secondary N) is 2. The van der Waals surface area contributed by atoms with Crippen molar-refractivity contribution in [2.45, 2.75) is 6.42 Å². The van der Waals surface area contributed by atoms with Gasteiger partial charge in [0, 0.05) is 19.2 Å². The van der Waals surface area contributed by atoms with E-state index in [1.54, 1.807) is 12.1 Å². The highest BCUT2D eigenvalue weighted by molar-refractivity contribution is 5.65. The molecule has 0 amide bonds. The fourth-order valence-electron chi connectivity index (χ4n) is 1.65. The monoisotopic (exact) mass is 269 g/mol. The van der Waals surface area contributed by atoms with Crippen LogP contribution in [0.5, 0.6) is 0 Å². The first-order valence-corrected chi connectivity index (χ1v) is 6.26. The highest BCUT2D eigenvalue weighted by Gasteiger charge is 2.03. The Labute approximate surface area is 117 Å². The molecule has 20 heavy (non-hydrogen) atoms. The number of para-hydroxylation sites is 1. The van der Waals surface area contributed by atoms with Crippen LogP contribution in [-0.4, -0.2) is 28.2 Å². The molecule has 6 heteroatoms. The van der Waals surface area contributed by atoms with Gasteiger partial charge >= 0.3 is 0 Å². The molecule has 0 fully saturated rings. The zero-order valence-electron chi connectivity index (χ0n) is 10.9. The van der Waals surface area contributed by atoms with Gasteiger partial charge in [-0.25, -0.2) is 9.97 Å². The zero-order valence-corrected chi connectivity index (χ0v) is 10.9. The Bertz CT molecular complexity index is 609. The molecular weight excluding hydrogens is 254 g/mol. The van der Waals surface area contributed by atoms with Crippen molar-refractivity contribution in [3.8, 4) is 6.07 Å². The molecule has 102 valence electrons. The number of aliphatic hydroxyl groups excluding tert-OH is 1. The third-order valence-electron chi connectivity index (χ3n) is 2.62. The molecule has 0 unspecified atom stereocenters. The summed E-state index contributed by atoms with van der Waals surface area (Å²) < 4.78 is 0. The molecule has 0 aliphatic carbocycles. The number of aromatic nitrogens is 2. The molecule has 0 atom stereocenters. The summed E-state index contributed by atoms with van der Waals surface area (Å²) in [5.74, 6) is 1.28. The summed E-state index contributed by atoms with van der Waals surface area (Å²) in [5.41, 5.74) is 1.26. The second-order valence-corrected chi connectivity index (χ2v) is 4.07. The smallest absolute Gasteiger partial charge is 0.135 e. The van der Waals surface area contributed by atoms with E-state index >= 15 is 0 Å². The van der Waals surface area contributed by atoms with E-state index in [0.29, 0.717) is 35.9 Å². The second kappa shape index (κ2) is 7.07. The highest BCUT2D eigenvalue weighted by Crippen LogP contribution is 2.19. The van der Waals surface area contributed by atoms with Crippen molar-refractivity contribution in [1.82, 2.24) is 9.97 Å². The van der Waals surface area contributed by atoms with Gasteiger partial charge in [-0.05, 0) is 18.6 Å². The van der Waals surface area contributed by atoms with Crippen molar-refractivity contribution in [2.75, 3.05) is 23.8 Å². The summed E-state index contributed by atoms with van der Waals surface area (Å²) in [5, 5.41) is 23.9. The maximum Gasteiger partial charge on any atom is 0.135 e. The van der Waals surface area contributed by atoms with Crippen LogP contribution in [0.1, 0.15) is 12.0 Å². The number of benzene rings is 1. The minimum atomic E-state index is 0.138. The van der Waals surface area contributed by atoms with E-state index in [2.05, 4.69) is 26.7 Å². The predicted molar refractivity (Wildman–Crippen MR) is 76.7 cm³/mol.